The van der Waals surface area contributed by atoms with Crippen LogP contribution in [0.1, 0.15) is 31.2 Å². The fraction of sp³-hybridized carbons (Fsp3) is 0.526. The minimum absolute atomic E-state index is 0.287. The lowest BCUT2D eigenvalue weighted by Gasteiger charge is -2.43. The number of nitrogens with zero attached hydrogens (tertiary/aromatic N) is 2. The molecule has 1 saturated carbocycles. The second kappa shape index (κ2) is 5.33. The highest BCUT2D eigenvalue weighted by Crippen LogP contribution is 2.42. The molecule has 1 aromatic heterocycles. The summed E-state index contributed by atoms with van der Waals surface area (Å²) in [5.41, 5.74) is 8.75. The van der Waals surface area contributed by atoms with Crippen LogP contribution in [0.5, 0.6) is 0 Å². The quantitative estimate of drug-likeness (QED) is 0.873. The number of rotatable bonds is 1. The van der Waals surface area contributed by atoms with E-state index in [2.05, 4.69) is 28.1 Å². The standard InChI is InChI=1S/C19H23N3O2/c20-18-15-2-1-3-16-17(15)13(12-21-18)6-9-22(16)14-4-7-19(8-5-14)23-10-11-24-19/h1-3,12,14H,4-11H2,(H2,20,21). The van der Waals surface area contributed by atoms with Crippen LogP contribution < -0.4 is 10.6 Å². The summed E-state index contributed by atoms with van der Waals surface area (Å²) in [7, 11) is 0. The first-order chi connectivity index (χ1) is 11.8. The Morgan fingerprint density at radius 2 is 1.96 bits per heavy atom. The minimum atomic E-state index is -0.287. The fourth-order valence-electron chi connectivity index (χ4n) is 4.68. The average molecular weight is 325 g/mol. The number of benzene rings is 1. The molecule has 2 fully saturated rings. The van der Waals surface area contributed by atoms with Crippen molar-refractivity contribution in [2.45, 2.75) is 43.9 Å². The number of aromatic nitrogens is 1. The Hall–Kier alpha value is -1.85. The summed E-state index contributed by atoms with van der Waals surface area (Å²) in [6.45, 7) is 2.54. The van der Waals surface area contributed by atoms with Crippen LogP contribution in [0.2, 0.25) is 0 Å². The molecule has 24 heavy (non-hydrogen) atoms. The maximum atomic E-state index is 6.11. The molecule has 0 atom stereocenters. The van der Waals surface area contributed by atoms with Crippen LogP contribution >= 0.6 is 0 Å². The highest BCUT2D eigenvalue weighted by molar-refractivity contribution is 6.02. The Morgan fingerprint density at radius 1 is 1.17 bits per heavy atom. The first kappa shape index (κ1) is 14.5. The molecule has 0 bridgehead atoms. The van der Waals surface area contributed by atoms with Gasteiger partial charge in [-0.2, -0.15) is 0 Å². The van der Waals surface area contributed by atoms with Gasteiger partial charge in [0.15, 0.2) is 5.79 Å². The second-order valence-corrected chi connectivity index (χ2v) is 7.15. The van der Waals surface area contributed by atoms with Crippen molar-refractivity contribution in [3.05, 3.63) is 30.0 Å². The topological polar surface area (TPSA) is 60.6 Å². The first-order valence-corrected chi connectivity index (χ1v) is 8.96. The third kappa shape index (κ3) is 2.11. The molecule has 1 spiro atoms. The zero-order chi connectivity index (χ0) is 16.1. The molecule has 3 aliphatic rings. The normalized spacial score (nSPS) is 23.2. The van der Waals surface area contributed by atoms with E-state index in [1.165, 1.54) is 16.6 Å². The van der Waals surface area contributed by atoms with Gasteiger partial charge in [0.05, 0.1) is 13.2 Å². The van der Waals surface area contributed by atoms with Gasteiger partial charge in [-0.1, -0.05) is 12.1 Å². The average Bonchev–Trinajstić information content (AvgIpc) is 3.07. The zero-order valence-corrected chi connectivity index (χ0v) is 13.8. The molecule has 0 radical (unpaired) electrons. The van der Waals surface area contributed by atoms with Gasteiger partial charge in [-0.15, -0.1) is 0 Å². The molecule has 2 N–H and O–H groups in total. The van der Waals surface area contributed by atoms with Crippen LogP contribution in [0.3, 0.4) is 0 Å². The summed E-state index contributed by atoms with van der Waals surface area (Å²) in [6, 6.07) is 6.98. The molecule has 5 rings (SSSR count). The van der Waals surface area contributed by atoms with Gasteiger partial charge in [-0.25, -0.2) is 4.98 Å². The minimum Gasteiger partial charge on any atom is -0.383 e. The fourth-order valence-corrected chi connectivity index (χ4v) is 4.68. The molecule has 126 valence electrons. The molecule has 1 saturated heterocycles. The van der Waals surface area contributed by atoms with Crippen molar-refractivity contribution in [2.24, 2.45) is 0 Å². The molecule has 5 heteroatoms. The van der Waals surface area contributed by atoms with Gasteiger partial charge < -0.3 is 20.1 Å². The Balaban J connectivity index is 1.48. The summed E-state index contributed by atoms with van der Waals surface area (Å²) in [4.78, 5) is 6.94. The molecule has 0 amide bonds. The number of ether oxygens (including phenoxy) is 2. The number of hydrogen-bond donors (Lipinski definition) is 1. The molecular weight excluding hydrogens is 302 g/mol. The van der Waals surface area contributed by atoms with E-state index in [-0.39, 0.29) is 5.79 Å². The molecule has 5 nitrogen and oxygen atoms in total. The van der Waals surface area contributed by atoms with E-state index in [0.717, 1.165) is 57.2 Å². The van der Waals surface area contributed by atoms with Crippen molar-refractivity contribution in [3.8, 4) is 0 Å². The van der Waals surface area contributed by atoms with Gasteiger partial charge in [-0.05, 0) is 30.9 Å². The van der Waals surface area contributed by atoms with Crippen molar-refractivity contribution in [1.82, 2.24) is 4.98 Å². The lowest BCUT2D eigenvalue weighted by Crippen LogP contribution is -2.46. The number of pyridine rings is 1. The van der Waals surface area contributed by atoms with E-state index in [1.807, 2.05) is 6.20 Å². The lowest BCUT2D eigenvalue weighted by molar-refractivity contribution is -0.178. The molecule has 2 aromatic rings. The third-order valence-electron chi connectivity index (χ3n) is 5.90. The molecule has 3 heterocycles. The summed E-state index contributed by atoms with van der Waals surface area (Å²) >= 11 is 0. The van der Waals surface area contributed by atoms with Gasteiger partial charge in [0.2, 0.25) is 0 Å². The zero-order valence-electron chi connectivity index (χ0n) is 13.8. The number of nitrogens with two attached hydrogens (primary N) is 1. The van der Waals surface area contributed by atoms with Crippen LogP contribution in [0, 0.1) is 0 Å². The largest absolute Gasteiger partial charge is 0.383 e. The van der Waals surface area contributed by atoms with E-state index in [0.29, 0.717) is 11.9 Å². The maximum absolute atomic E-state index is 6.11. The summed E-state index contributed by atoms with van der Waals surface area (Å²) in [5.74, 6) is 0.345. The van der Waals surface area contributed by atoms with Gasteiger partial charge in [0.1, 0.15) is 5.82 Å². The number of nitrogen functional groups attached to an aromatic ring is 1. The Kier molecular flexibility index (Phi) is 3.22. The van der Waals surface area contributed by atoms with Crippen molar-refractivity contribution in [2.75, 3.05) is 30.4 Å². The van der Waals surface area contributed by atoms with Crippen molar-refractivity contribution in [3.63, 3.8) is 0 Å². The predicted octanol–water partition coefficient (Wildman–Crippen LogP) is 2.87. The monoisotopic (exact) mass is 325 g/mol. The lowest BCUT2D eigenvalue weighted by atomic mass is 9.87. The van der Waals surface area contributed by atoms with Crippen LogP contribution in [-0.2, 0) is 15.9 Å². The van der Waals surface area contributed by atoms with Gasteiger partial charge in [0.25, 0.3) is 0 Å². The maximum Gasteiger partial charge on any atom is 0.168 e. The van der Waals surface area contributed by atoms with Crippen molar-refractivity contribution in [1.29, 1.82) is 0 Å². The number of anilines is 2. The molecule has 1 aliphatic carbocycles. The summed E-state index contributed by atoms with van der Waals surface area (Å²) in [5, 5.41) is 2.38. The third-order valence-corrected chi connectivity index (χ3v) is 5.90. The van der Waals surface area contributed by atoms with Gasteiger partial charge in [0, 0.05) is 48.1 Å². The highest BCUT2D eigenvalue weighted by Gasteiger charge is 2.42. The van der Waals surface area contributed by atoms with E-state index >= 15 is 0 Å². The van der Waals surface area contributed by atoms with Crippen LogP contribution in [0.25, 0.3) is 10.8 Å². The van der Waals surface area contributed by atoms with Crippen LogP contribution in [0.15, 0.2) is 24.4 Å². The summed E-state index contributed by atoms with van der Waals surface area (Å²) < 4.78 is 11.8. The van der Waals surface area contributed by atoms with E-state index < -0.39 is 0 Å². The molecule has 2 aliphatic heterocycles. The second-order valence-electron chi connectivity index (χ2n) is 7.15. The van der Waals surface area contributed by atoms with Crippen molar-refractivity contribution < 1.29 is 9.47 Å². The molecular formula is C19H23N3O2. The summed E-state index contributed by atoms with van der Waals surface area (Å²) in [6.07, 6.45) is 7.22. The van der Waals surface area contributed by atoms with Crippen LogP contribution in [0.4, 0.5) is 11.5 Å². The van der Waals surface area contributed by atoms with Gasteiger partial charge >= 0.3 is 0 Å². The Morgan fingerprint density at radius 3 is 2.75 bits per heavy atom. The predicted molar refractivity (Wildman–Crippen MR) is 94.1 cm³/mol. The highest BCUT2D eigenvalue weighted by atomic mass is 16.7. The first-order valence-electron chi connectivity index (χ1n) is 8.96. The Bertz CT molecular complexity index is 776. The molecule has 0 unspecified atom stereocenters. The SMILES string of the molecule is Nc1ncc2c3c(cccc13)N(C1CCC3(CC1)OCCO3)CC2. The Labute approximate surface area is 141 Å². The van der Waals surface area contributed by atoms with Crippen LogP contribution in [-0.4, -0.2) is 36.6 Å². The van der Waals surface area contributed by atoms with Crippen molar-refractivity contribution >= 4 is 22.3 Å². The van der Waals surface area contributed by atoms with E-state index in [9.17, 15) is 0 Å². The van der Waals surface area contributed by atoms with Gasteiger partial charge in [-0.3, -0.25) is 0 Å². The molecule has 1 aromatic carbocycles. The smallest absolute Gasteiger partial charge is 0.168 e. The van der Waals surface area contributed by atoms with E-state index in [1.54, 1.807) is 0 Å². The number of hydrogen-bond acceptors (Lipinski definition) is 5. The van der Waals surface area contributed by atoms with E-state index in [4.69, 9.17) is 15.2 Å².